The summed E-state index contributed by atoms with van der Waals surface area (Å²) >= 11 is 0. The van der Waals surface area contributed by atoms with Gasteiger partial charge in [-0.1, -0.05) is 32.0 Å². The molecule has 0 aliphatic carbocycles. The van der Waals surface area contributed by atoms with Crippen molar-refractivity contribution in [3.63, 3.8) is 0 Å². The lowest BCUT2D eigenvalue weighted by Crippen LogP contribution is -2.35. The van der Waals surface area contributed by atoms with Gasteiger partial charge < -0.3 is 16.0 Å². The normalized spacial score (nSPS) is 9.77. The van der Waals surface area contributed by atoms with Crippen LogP contribution in [0.1, 0.15) is 32.3 Å². The topological polar surface area (TPSA) is 58.4 Å². The molecule has 0 spiro atoms. The summed E-state index contributed by atoms with van der Waals surface area (Å²) < 4.78 is 0. The summed E-state index contributed by atoms with van der Waals surface area (Å²) in [5.74, 6) is 0.0980. The number of nitrogens with two attached hydrogens (primary N) is 1. The maximum Gasteiger partial charge on any atom is 0.220 e. The van der Waals surface area contributed by atoms with Crippen LogP contribution in [-0.4, -0.2) is 37.0 Å². The van der Waals surface area contributed by atoms with Gasteiger partial charge in [0.1, 0.15) is 0 Å². The van der Waals surface area contributed by atoms with Crippen LogP contribution in [0.3, 0.4) is 0 Å². The molecule has 0 heterocycles. The molecule has 128 valence electrons. The second-order valence-electron chi connectivity index (χ2n) is 4.98. The third-order valence-corrected chi connectivity index (χ3v) is 3.41. The van der Waals surface area contributed by atoms with E-state index in [-0.39, 0.29) is 30.7 Å². The summed E-state index contributed by atoms with van der Waals surface area (Å²) in [5.41, 5.74) is 7.67. The Morgan fingerprint density at radius 2 is 1.86 bits per heavy atom. The lowest BCUT2D eigenvalue weighted by Gasteiger charge is -2.19. The summed E-state index contributed by atoms with van der Waals surface area (Å²) in [6.45, 7) is 8.08. The molecule has 0 aliphatic heterocycles. The molecule has 1 aromatic carbocycles. The van der Waals surface area contributed by atoms with Gasteiger partial charge in [0.25, 0.3) is 0 Å². The average molecular weight is 350 g/mol. The van der Waals surface area contributed by atoms with Gasteiger partial charge >= 0.3 is 0 Å². The highest BCUT2D eigenvalue weighted by molar-refractivity contribution is 5.85. The van der Waals surface area contributed by atoms with Crippen LogP contribution < -0.4 is 11.1 Å². The first kappa shape index (κ1) is 23.3. The Hall–Kier alpha value is -0.970. The van der Waals surface area contributed by atoms with Crippen LogP contribution in [-0.2, 0) is 11.2 Å². The zero-order chi connectivity index (χ0) is 14.8. The number of halogens is 2. The standard InChI is InChI=1S/C16H27N3O.2ClH/c1-3-12-19(4-2)13-11-18-16(20)10-9-14-7-5-6-8-15(14)17;;/h5-8H,3-4,9-13,17H2,1-2H3,(H,18,20);2*1H. The summed E-state index contributed by atoms with van der Waals surface area (Å²) in [6.07, 6.45) is 2.34. The van der Waals surface area contributed by atoms with Gasteiger partial charge in [0, 0.05) is 25.2 Å². The van der Waals surface area contributed by atoms with E-state index in [0.29, 0.717) is 12.8 Å². The van der Waals surface area contributed by atoms with E-state index in [9.17, 15) is 4.79 Å². The maximum absolute atomic E-state index is 11.8. The third-order valence-electron chi connectivity index (χ3n) is 3.41. The van der Waals surface area contributed by atoms with E-state index in [0.717, 1.165) is 43.9 Å². The highest BCUT2D eigenvalue weighted by Gasteiger charge is 2.05. The number of benzene rings is 1. The van der Waals surface area contributed by atoms with Gasteiger partial charge in [-0.2, -0.15) is 0 Å². The lowest BCUT2D eigenvalue weighted by atomic mass is 10.1. The van der Waals surface area contributed by atoms with Crippen molar-refractivity contribution < 1.29 is 4.79 Å². The lowest BCUT2D eigenvalue weighted by molar-refractivity contribution is -0.121. The van der Waals surface area contributed by atoms with E-state index in [1.165, 1.54) is 0 Å². The quantitative estimate of drug-likeness (QED) is 0.674. The summed E-state index contributed by atoms with van der Waals surface area (Å²) in [6, 6.07) is 7.71. The van der Waals surface area contributed by atoms with Crippen LogP contribution in [0.25, 0.3) is 0 Å². The Morgan fingerprint density at radius 1 is 1.18 bits per heavy atom. The number of amides is 1. The molecule has 0 bridgehead atoms. The first-order valence-corrected chi connectivity index (χ1v) is 7.49. The van der Waals surface area contributed by atoms with Gasteiger partial charge in [-0.25, -0.2) is 0 Å². The van der Waals surface area contributed by atoms with Crippen LogP contribution in [0, 0.1) is 0 Å². The Labute approximate surface area is 146 Å². The molecular formula is C16H29Cl2N3O. The van der Waals surface area contributed by atoms with Crippen molar-refractivity contribution in [1.29, 1.82) is 0 Å². The first-order chi connectivity index (χ1) is 9.67. The maximum atomic E-state index is 11.8. The zero-order valence-corrected chi connectivity index (χ0v) is 15.1. The second-order valence-corrected chi connectivity index (χ2v) is 4.98. The Bertz CT molecular complexity index is 416. The molecule has 0 aliphatic rings. The summed E-state index contributed by atoms with van der Waals surface area (Å²) in [4.78, 5) is 14.1. The molecule has 0 aromatic heterocycles. The molecule has 0 radical (unpaired) electrons. The fourth-order valence-corrected chi connectivity index (χ4v) is 2.20. The van der Waals surface area contributed by atoms with Crippen molar-refractivity contribution in [1.82, 2.24) is 10.2 Å². The molecule has 0 fully saturated rings. The molecule has 6 heteroatoms. The minimum atomic E-state index is 0. The molecule has 0 atom stereocenters. The fourth-order valence-electron chi connectivity index (χ4n) is 2.20. The highest BCUT2D eigenvalue weighted by atomic mass is 35.5. The van der Waals surface area contributed by atoms with Crippen molar-refractivity contribution in [3.05, 3.63) is 29.8 Å². The second kappa shape index (κ2) is 13.7. The van der Waals surface area contributed by atoms with Crippen molar-refractivity contribution in [2.75, 3.05) is 31.9 Å². The number of hydrogen-bond acceptors (Lipinski definition) is 3. The minimum Gasteiger partial charge on any atom is -0.399 e. The van der Waals surface area contributed by atoms with Gasteiger partial charge in [-0.3, -0.25) is 4.79 Å². The Morgan fingerprint density at radius 3 is 2.45 bits per heavy atom. The smallest absolute Gasteiger partial charge is 0.220 e. The minimum absolute atomic E-state index is 0. The monoisotopic (exact) mass is 349 g/mol. The number of rotatable bonds is 9. The van der Waals surface area contributed by atoms with E-state index < -0.39 is 0 Å². The van der Waals surface area contributed by atoms with Gasteiger partial charge in [0.05, 0.1) is 0 Å². The molecule has 1 amide bonds. The van der Waals surface area contributed by atoms with Gasteiger partial charge in [-0.05, 0) is 37.6 Å². The molecule has 4 nitrogen and oxygen atoms in total. The third kappa shape index (κ3) is 9.13. The number of anilines is 1. The van der Waals surface area contributed by atoms with Crippen LogP contribution in [0.5, 0.6) is 0 Å². The largest absolute Gasteiger partial charge is 0.399 e. The molecule has 1 aromatic rings. The van der Waals surface area contributed by atoms with E-state index in [2.05, 4.69) is 24.1 Å². The van der Waals surface area contributed by atoms with E-state index in [1.807, 2.05) is 24.3 Å². The first-order valence-electron chi connectivity index (χ1n) is 7.49. The van der Waals surface area contributed by atoms with Crippen molar-refractivity contribution >= 4 is 36.4 Å². The summed E-state index contributed by atoms with van der Waals surface area (Å²) in [7, 11) is 0. The van der Waals surface area contributed by atoms with Crippen molar-refractivity contribution in [2.45, 2.75) is 33.1 Å². The SMILES string of the molecule is CCCN(CC)CCNC(=O)CCc1ccccc1N.Cl.Cl. The molecule has 1 rings (SSSR count). The highest BCUT2D eigenvalue weighted by Crippen LogP contribution is 2.12. The molecule has 0 unspecified atom stereocenters. The number of nitrogen functional groups attached to an aromatic ring is 1. The number of aryl methyl sites for hydroxylation is 1. The van der Waals surface area contributed by atoms with E-state index in [4.69, 9.17) is 5.73 Å². The number of nitrogens with zero attached hydrogens (tertiary/aromatic N) is 1. The number of hydrogen-bond donors (Lipinski definition) is 2. The molecule has 0 saturated heterocycles. The van der Waals surface area contributed by atoms with Crippen LogP contribution in [0.4, 0.5) is 5.69 Å². The summed E-state index contributed by atoms with van der Waals surface area (Å²) in [5, 5.41) is 2.97. The molecule has 0 saturated carbocycles. The van der Waals surface area contributed by atoms with Crippen LogP contribution >= 0.6 is 24.8 Å². The number of nitrogens with one attached hydrogen (secondary N) is 1. The van der Waals surface area contributed by atoms with Crippen molar-refractivity contribution in [2.24, 2.45) is 0 Å². The predicted octanol–water partition coefficient (Wildman–Crippen LogP) is 2.89. The zero-order valence-electron chi connectivity index (χ0n) is 13.5. The average Bonchev–Trinajstić information content (AvgIpc) is 2.45. The van der Waals surface area contributed by atoms with E-state index in [1.54, 1.807) is 0 Å². The van der Waals surface area contributed by atoms with Gasteiger partial charge in [0.15, 0.2) is 0 Å². The Kier molecular flexibility index (Phi) is 14.5. The molecule has 22 heavy (non-hydrogen) atoms. The van der Waals surface area contributed by atoms with Crippen molar-refractivity contribution in [3.8, 4) is 0 Å². The predicted molar refractivity (Wildman–Crippen MR) is 99.1 cm³/mol. The fraction of sp³-hybridized carbons (Fsp3) is 0.562. The number of likely N-dealkylation sites (N-methyl/N-ethyl adjacent to an activating group) is 1. The number of para-hydroxylation sites is 1. The van der Waals surface area contributed by atoms with Crippen LogP contribution in [0.2, 0.25) is 0 Å². The van der Waals surface area contributed by atoms with Crippen LogP contribution in [0.15, 0.2) is 24.3 Å². The molecule has 3 N–H and O–H groups in total. The number of carbonyl (C=O) groups excluding carboxylic acids is 1. The van der Waals surface area contributed by atoms with Gasteiger partial charge in [-0.15, -0.1) is 24.8 Å². The Balaban J connectivity index is 0. The van der Waals surface area contributed by atoms with Gasteiger partial charge in [0.2, 0.25) is 5.91 Å². The molecular weight excluding hydrogens is 321 g/mol. The number of carbonyl (C=O) groups is 1. The van der Waals surface area contributed by atoms with E-state index >= 15 is 0 Å².